The van der Waals surface area contributed by atoms with E-state index in [1.165, 1.54) is 43.3 Å². The van der Waals surface area contributed by atoms with Crippen molar-refractivity contribution in [2.75, 3.05) is 5.32 Å². The zero-order valence-corrected chi connectivity index (χ0v) is 14.4. The summed E-state index contributed by atoms with van der Waals surface area (Å²) in [5.41, 5.74) is 10.3. The molecule has 1 aliphatic rings. The van der Waals surface area contributed by atoms with Gasteiger partial charge in [-0.05, 0) is 62.0 Å². The second-order valence-corrected chi connectivity index (χ2v) is 6.60. The summed E-state index contributed by atoms with van der Waals surface area (Å²) in [5.74, 6) is 1.45. The minimum Gasteiger partial charge on any atom is -0.341 e. The summed E-state index contributed by atoms with van der Waals surface area (Å²) in [7, 11) is 0. The van der Waals surface area contributed by atoms with Gasteiger partial charge >= 0.3 is 0 Å². The first-order valence-electron chi connectivity index (χ1n) is 8.56. The molecule has 3 N–H and O–H groups in total. The van der Waals surface area contributed by atoms with E-state index in [-0.39, 0.29) is 0 Å². The van der Waals surface area contributed by atoms with Crippen LogP contribution in [0.2, 0.25) is 0 Å². The van der Waals surface area contributed by atoms with Crippen molar-refractivity contribution in [1.29, 1.82) is 0 Å². The first-order chi connectivity index (χ1) is 11.1. The number of nitrogens with one attached hydrogen (secondary N) is 1. The molecule has 0 radical (unpaired) electrons. The molecule has 1 heterocycles. The predicted molar refractivity (Wildman–Crippen MR) is 99.0 cm³/mol. The van der Waals surface area contributed by atoms with Crippen LogP contribution in [-0.4, -0.2) is 4.98 Å². The maximum absolute atomic E-state index is 5.68. The van der Waals surface area contributed by atoms with Gasteiger partial charge in [0.2, 0.25) is 0 Å². The van der Waals surface area contributed by atoms with Gasteiger partial charge in [0, 0.05) is 18.4 Å². The van der Waals surface area contributed by atoms with Gasteiger partial charge in [0.05, 0.1) is 0 Å². The van der Waals surface area contributed by atoms with Crippen LogP contribution in [0.1, 0.15) is 51.5 Å². The van der Waals surface area contributed by atoms with E-state index in [1.807, 2.05) is 12.1 Å². The minimum absolute atomic E-state index is 0.518. The molecule has 0 atom stereocenters. The van der Waals surface area contributed by atoms with Gasteiger partial charge in [-0.2, -0.15) is 0 Å². The van der Waals surface area contributed by atoms with E-state index >= 15 is 0 Å². The number of rotatable bonds is 6. The summed E-state index contributed by atoms with van der Waals surface area (Å²) in [6.45, 7) is 8.98. The zero-order chi connectivity index (χ0) is 16.7. The molecular formula is C20H29N3. The Morgan fingerprint density at radius 2 is 2.04 bits per heavy atom. The van der Waals surface area contributed by atoms with E-state index in [4.69, 9.17) is 5.73 Å². The Hall–Kier alpha value is -1.87. The van der Waals surface area contributed by atoms with Crippen molar-refractivity contribution in [2.45, 2.75) is 52.5 Å². The number of aromatic nitrogens is 1. The van der Waals surface area contributed by atoms with Crippen molar-refractivity contribution < 1.29 is 0 Å². The van der Waals surface area contributed by atoms with Gasteiger partial charge in [0.25, 0.3) is 0 Å². The van der Waals surface area contributed by atoms with Crippen molar-refractivity contribution in [3.05, 3.63) is 59.5 Å². The van der Waals surface area contributed by atoms with Crippen LogP contribution in [0.5, 0.6) is 0 Å². The number of nitrogens with two attached hydrogens (primary N) is 1. The Labute approximate surface area is 140 Å². The van der Waals surface area contributed by atoms with Crippen molar-refractivity contribution in [2.24, 2.45) is 11.7 Å². The monoisotopic (exact) mass is 311 g/mol. The highest BCUT2D eigenvalue weighted by Gasteiger charge is 2.16. The zero-order valence-electron chi connectivity index (χ0n) is 14.4. The van der Waals surface area contributed by atoms with Crippen LogP contribution >= 0.6 is 0 Å². The molecule has 0 saturated heterocycles. The summed E-state index contributed by atoms with van der Waals surface area (Å²) in [6.07, 6.45) is 12.9. The highest BCUT2D eigenvalue weighted by Crippen LogP contribution is 2.31. The number of hydrogen-bond donors (Lipinski definition) is 2. The molecule has 1 fully saturated rings. The molecule has 124 valence electrons. The minimum atomic E-state index is 0.518. The Morgan fingerprint density at radius 1 is 1.30 bits per heavy atom. The van der Waals surface area contributed by atoms with Gasteiger partial charge in [-0.3, -0.25) is 0 Å². The maximum Gasteiger partial charge on any atom is 0.130 e. The molecule has 1 saturated carbocycles. The molecule has 1 aliphatic carbocycles. The summed E-state index contributed by atoms with van der Waals surface area (Å²) in [4.78, 5) is 4.34. The van der Waals surface area contributed by atoms with E-state index in [0.29, 0.717) is 12.5 Å². The second kappa shape index (κ2) is 8.68. The number of hydrogen-bond acceptors (Lipinski definition) is 3. The lowest BCUT2D eigenvalue weighted by Crippen LogP contribution is -2.09. The van der Waals surface area contributed by atoms with Gasteiger partial charge in [-0.15, -0.1) is 0 Å². The third kappa shape index (κ3) is 5.68. The van der Waals surface area contributed by atoms with E-state index in [9.17, 15) is 0 Å². The molecule has 23 heavy (non-hydrogen) atoms. The van der Waals surface area contributed by atoms with Gasteiger partial charge in [0.15, 0.2) is 0 Å². The molecular weight excluding hydrogens is 282 g/mol. The molecule has 2 rings (SSSR count). The molecule has 0 amide bonds. The van der Waals surface area contributed by atoms with Crippen LogP contribution in [-0.2, 0) is 6.54 Å². The van der Waals surface area contributed by atoms with E-state index < -0.39 is 0 Å². The summed E-state index contributed by atoms with van der Waals surface area (Å²) < 4.78 is 0. The highest BCUT2D eigenvalue weighted by atomic mass is 15.0. The van der Waals surface area contributed by atoms with Gasteiger partial charge in [-0.1, -0.05) is 37.5 Å². The van der Waals surface area contributed by atoms with E-state index in [2.05, 4.69) is 42.9 Å². The third-order valence-electron chi connectivity index (χ3n) is 4.22. The number of anilines is 1. The Morgan fingerprint density at radius 3 is 2.70 bits per heavy atom. The lowest BCUT2D eigenvalue weighted by molar-refractivity contribution is 0.408. The molecule has 3 heteroatoms. The fourth-order valence-electron chi connectivity index (χ4n) is 3.12. The van der Waals surface area contributed by atoms with Gasteiger partial charge < -0.3 is 11.1 Å². The third-order valence-corrected chi connectivity index (χ3v) is 4.22. The first kappa shape index (κ1) is 17.5. The summed E-state index contributed by atoms with van der Waals surface area (Å²) in [5, 5.41) is 3.29. The lowest BCUT2D eigenvalue weighted by Gasteiger charge is -2.23. The molecule has 3 nitrogen and oxygen atoms in total. The molecule has 1 aromatic heterocycles. The average Bonchev–Trinajstić information content (AvgIpc) is 2.54. The topological polar surface area (TPSA) is 50.9 Å². The molecule has 1 aromatic rings. The number of allylic oxidation sites excluding steroid dienone is 4. The quantitative estimate of drug-likeness (QED) is 0.732. The fraction of sp³-hybridized carbons (Fsp3) is 0.450. The van der Waals surface area contributed by atoms with Crippen molar-refractivity contribution in [1.82, 2.24) is 4.98 Å². The van der Waals surface area contributed by atoms with Crippen LogP contribution in [0.25, 0.3) is 0 Å². The highest BCUT2D eigenvalue weighted by molar-refractivity contribution is 5.47. The first-order valence-corrected chi connectivity index (χ1v) is 8.56. The fourth-order valence-corrected chi connectivity index (χ4v) is 3.12. The summed E-state index contributed by atoms with van der Waals surface area (Å²) >= 11 is 0. The van der Waals surface area contributed by atoms with E-state index in [1.54, 1.807) is 6.20 Å². The largest absolute Gasteiger partial charge is 0.341 e. The SMILES string of the molecule is C=C(/C=C(\C=C(C)C)C1CCCCC1)Nc1cc(CN)ccn1. The van der Waals surface area contributed by atoms with Crippen molar-refractivity contribution >= 4 is 5.82 Å². The van der Waals surface area contributed by atoms with Crippen LogP contribution in [0.15, 0.2) is 53.9 Å². The molecule has 0 unspecified atom stereocenters. The number of nitrogens with zero attached hydrogens (tertiary/aromatic N) is 1. The van der Waals surface area contributed by atoms with Crippen LogP contribution in [0, 0.1) is 5.92 Å². The maximum atomic E-state index is 5.68. The van der Waals surface area contributed by atoms with Crippen LogP contribution in [0.3, 0.4) is 0 Å². The Balaban J connectivity index is 2.13. The van der Waals surface area contributed by atoms with Crippen LogP contribution in [0.4, 0.5) is 5.82 Å². The Bertz CT molecular complexity index is 589. The van der Waals surface area contributed by atoms with Crippen LogP contribution < -0.4 is 11.1 Å². The van der Waals surface area contributed by atoms with Gasteiger partial charge in [0.1, 0.15) is 5.82 Å². The molecule has 0 bridgehead atoms. The molecule has 0 aliphatic heterocycles. The predicted octanol–water partition coefficient (Wildman–Crippen LogP) is 4.94. The normalized spacial score (nSPS) is 16.0. The van der Waals surface area contributed by atoms with E-state index in [0.717, 1.165) is 17.1 Å². The molecule has 0 aromatic carbocycles. The van der Waals surface area contributed by atoms with Crippen molar-refractivity contribution in [3.8, 4) is 0 Å². The van der Waals surface area contributed by atoms with Crippen molar-refractivity contribution in [3.63, 3.8) is 0 Å². The Kier molecular flexibility index (Phi) is 6.60. The average molecular weight is 311 g/mol. The standard InChI is InChI=1S/C20H29N3/c1-15(2)11-19(18-7-5-4-6-8-18)12-16(3)23-20-13-17(14-21)9-10-22-20/h9-13,18H,3-8,14,21H2,1-2H3,(H,22,23)/b19-12+. The number of pyridine rings is 1. The smallest absolute Gasteiger partial charge is 0.130 e. The lowest BCUT2D eigenvalue weighted by atomic mass is 9.83. The van der Waals surface area contributed by atoms with Gasteiger partial charge in [-0.25, -0.2) is 4.98 Å². The second-order valence-electron chi connectivity index (χ2n) is 6.60. The summed E-state index contributed by atoms with van der Waals surface area (Å²) in [6, 6.07) is 3.90. The molecule has 0 spiro atoms.